The summed E-state index contributed by atoms with van der Waals surface area (Å²) >= 11 is 1.40. The Bertz CT molecular complexity index is 731. The predicted molar refractivity (Wildman–Crippen MR) is 92.9 cm³/mol. The van der Waals surface area contributed by atoms with Gasteiger partial charge in [-0.3, -0.25) is 9.69 Å². The monoisotopic (exact) mass is 349 g/mol. The highest BCUT2D eigenvalue weighted by Gasteiger charge is 2.25. The molecule has 0 aromatic carbocycles. The van der Waals surface area contributed by atoms with Crippen molar-refractivity contribution in [3.05, 3.63) is 28.0 Å². The van der Waals surface area contributed by atoms with Gasteiger partial charge in [-0.05, 0) is 26.8 Å². The maximum atomic E-state index is 12.8. The number of β-amino-alcohol motifs (C(OH)–C–C–N with tert-alkyl or cyclic N) is 1. The van der Waals surface area contributed by atoms with Gasteiger partial charge in [0.2, 0.25) is 5.13 Å². The van der Waals surface area contributed by atoms with E-state index in [4.69, 9.17) is 5.11 Å². The first kappa shape index (κ1) is 17.1. The summed E-state index contributed by atoms with van der Waals surface area (Å²) < 4.78 is 1.79. The molecule has 0 aliphatic carbocycles. The Morgan fingerprint density at radius 1 is 1.25 bits per heavy atom. The van der Waals surface area contributed by atoms with Crippen LogP contribution in [0.25, 0.3) is 5.13 Å². The third-order valence-corrected chi connectivity index (χ3v) is 5.37. The van der Waals surface area contributed by atoms with Crippen molar-refractivity contribution in [1.82, 2.24) is 24.6 Å². The van der Waals surface area contributed by atoms with Crippen LogP contribution in [0.15, 0.2) is 6.07 Å². The van der Waals surface area contributed by atoms with Crippen molar-refractivity contribution in [2.75, 3.05) is 39.3 Å². The van der Waals surface area contributed by atoms with E-state index in [9.17, 15) is 4.79 Å². The number of thiazole rings is 1. The van der Waals surface area contributed by atoms with Crippen molar-refractivity contribution in [3.63, 3.8) is 0 Å². The minimum atomic E-state index is 0.0430. The Morgan fingerprint density at radius 3 is 2.54 bits per heavy atom. The van der Waals surface area contributed by atoms with Crippen molar-refractivity contribution in [2.45, 2.75) is 20.8 Å². The van der Waals surface area contributed by atoms with Crippen molar-refractivity contribution in [1.29, 1.82) is 0 Å². The van der Waals surface area contributed by atoms with Gasteiger partial charge in [-0.15, -0.1) is 0 Å². The van der Waals surface area contributed by atoms with E-state index < -0.39 is 0 Å². The van der Waals surface area contributed by atoms with Gasteiger partial charge in [0.15, 0.2) is 0 Å². The van der Waals surface area contributed by atoms with Crippen molar-refractivity contribution in [2.24, 2.45) is 0 Å². The first-order valence-electron chi connectivity index (χ1n) is 8.13. The molecule has 1 aliphatic heterocycles. The summed E-state index contributed by atoms with van der Waals surface area (Å²) in [7, 11) is 0. The minimum absolute atomic E-state index is 0.0430. The number of rotatable bonds is 4. The fourth-order valence-electron chi connectivity index (χ4n) is 2.95. The SMILES string of the molecule is Cc1cc(C)n(-c2nc(C)c(C(=O)N3CCN(CCO)CC3)s2)n1. The summed E-state index contributed by atoms with van der Waals surface area (Å²) in [5.41, 5.74) is 2.71. The second-order valence-corrected chi connectivity index (χ2v) is 7.08. The second kappa shape index (κ2) is 7.00. The van der Waals surface area contributed by atoms with Gasteiger partial charge in [0.05, 0.1) is 18.0 Å². The number of hydrogen-bond acceptors (Lipinski definition) is 6. The lowest BCUT2D eigenvalue weighted by Gasteiger charge is -2.34. The van der Waals surface area contributed by atoms with E-state index in [1.54, 1.807) is 4.68 Å². The topological polar surface area (TPSA) is 74.5 Å². The third kappa shape index (κ3) is 3.35. The molecule has 0 radical (unpaired) electrons. The number of piperazine rings is 1. The summed E-state index contributed by atoms with van der Waals surface area (Å²) in [6, 6.07) is 2.00. The van der Waals surface area contributed by atoms with Gasteiger partial charge in [0, 0.05) is 38.4 Å². The van der Waals surface area contributed by atoms with Crippen LogP contribution in [0.3, 0.4) is 0 Å². The van der Waals surface area contributed by atoms with Crippen LogP contribution in [0.2, 0.25) is 0 Å². The molecule has 1 saturated heterocycles. The fraction of sp³-hybridized carbons (Fsp3) is 0.562. The maximum absolute atomic E-state index is 12.8. The molecule has 2 aromatic rings. The highest BCUT2D eigenvalue weighted by molar-refractivity contribution is 7.16. The maximum Gasteiger partial charge on any atom is 0.266 e. The molecule has 130 valence electrons. The Kier molecular flexibility index (Phi) is 4.98. The number of nitrogens with zero attached hydrogens (tertiary/aromatic N) is 5. The molecule has 24 heavy (non-hydrogen) atoms. The number of aryl methyl sites for hydroxylation is 3. The summed E-state index contributed by atoms with van der Waals surface area (Å²) in [4.78, 5) is 22.1. The first-order chi connectivity index (χ1) is 11.5. The van der Waals surface area contributed by atoms with Crippen LogP contribution < -0.4 is 0 Å². The van der Waals surface area contributed by atoms with E-state index >= 15 is 0 Å². The van der Waals surface area contributed by atoms with Crippen LogP contribution >= 0.6 is 11.3 Å². The van der Waals surface area contributed by atoms with Crippen LogP contribution in [-0.4, -0.2) is 74.9 Å². The Labute approximate surface area is 145 Å². The van der Waals surface area contributed by atoms with E-state index in [1.807, 2.05) is 31.7 Å². The number of carbonyl (C=O) groups excluding carboxylic acids is 1. The molecule has 0 spiro atoms. The van der Waals surface area contributed by atoms with Gasteiger partial charge in [-0.1, -0.05) is 11.3 Å². The molecule has 7 nitrogen and oxygen atoms in total. The van der Waals surface area contributed by atoms with Gasteiger partial charge in [0.1, 0.15) is 4.88 Å². The summed E-state index contributed by atoms with van der Waals surface area (Å²) in [6.07, 6.45) is 0. The normalized spacial score (nSPS) is 15.9. The zero-order valence-electron chi connectivity index (χ0n) is 14.3. The van der Waals surface area contributed by atoms with Gasteiger partial charge in [-0.2, -0.15) is 5.10 Å². The molecule has 2 aromatic heterocycles. The van der Waals surface area contributed by atoms with E-state index in [0.29, 0.717) is 24.5 Å². The Hall–Kier alpha value is -1.77. The summed E-state index contributed by atoms with van der Waals surface area (Å²) in [5.74, 6) is 0.0430. The Morgan fingerprint density at radius 2 is 1.96 bits per heavy atom. The zero-order valence-corrected chi connectivity index (χ0v) is 15.1. The molecule has 1 aliphatic rings. The standard InChI is InChI=1S/C16H23N5O2S/c1-11-10-12(2)21(18-11)16-17-13(3)14(24-16)15(23)20-6-4-19(5-7-20)8-9-22/h10,22H,4-9H2,1-3H3. The van der Waals surface area contributed by atoms with Crippen LogP contribution in [0.4, 0.5) is 0 Å². The Balaban J connectivity index is 1.76. The van der Waals surface area contributed by atoms with E-state index in [1.165, 1.54) is 11.3 Å². The molecule has 3 rings (SSSR count). The van der Waals surface area contributed by atoms with Crippen molar-refractivity contribution < 1.29 is 9.90 Å². The number of aliphatic hydroxyl groups is 1. The minimum Gasteiger partial charge on any atom is -0.395 e. The van der Waals surface area contributed by atoms with Crippen molar-refractivity contribution >= 4 is 17.2 Å². The lowest BCUT2D eigenvalue weighted by Crippen LogP contribution is -2.49. The fourth-order valence-corrected chi connectivity index (χ4v) is 4.00. The quantitative estimate of drug-likeness (QED) is 0.891. The van der Waals surface area contributed by atoms with Gasteiger partial charge < -0.3 is 10.0 Å². The lowest BCUT2D eigenvalue weighted by molar-refractivity contribution is 0.0618. The zero-order chi connectivity index (χ0) is 17.3. The van der Waals surface area contributed by atoms with Crippen molar-refractivity contribution in [3.8, 4) is 5.13 Å². The molecule has 3 heterocycles. The molecular formula is C16H23N5O2S. The lowest BCUT2D eigenvalue weighted by atomic mass is 10.2. The van der Waals surface area contributed by atoms with E-state index in [0.717, 1.165) is 35.3 Å². The van der Waals surface area contributed by atoms with Gasteiger partial charge >= 0.3 is 0 Å². The summed E-state index contributed by atoms with van der Waals surface area (Å²) in [5, 5.41) is 14.2. The molecule has 8 heteroatoms. The van der Waals surface area contributed by atoms with Crippen LogP contribution in [-0.2, 0) is 0 Å². The first-order valence-corrected chi connectivity index (χ1v) is 8.95. The number of hydrogen-bond donors (Lipinski definition) is 1. The predicted octanol–water partition coefficient (Wildman–Crippen LogP) is 1.00. The van der Waals surface area contributed by atoms with Crippen LogP contribution in [0.1, 0.15) is 26.8 Å². The largest absolute Gasteiger partial charge is 0.395 e. The van der Waals surface area contributed by atoms with E-state index in [2.05, 4.69) is 15.0 Å². The number of carbonyl (C=O) groups is 1. The smallest absolute Gasteiger partial charge is 0.266 e. The van der Waals surface area contributed by atoms with Gasteiger partial charge in [0.25, 0.3) is 5.91 Å². The van der Waals surface area contributed by atoms with Gasteiger partial charge in [-0.25, -0.2) is 9.67 Å². The highest BCUT2D eigenvalue weighted by Crippen LogP contribution is 2.24. The molecule has 0 saturated carbocycles. The molecule has 0 bridgehead atoms. The highest BCUT2D eigenvalue weighted by atomic mass is 32.1. The number of aromatic nitrogens is 3. The second-order valence-electron chi connectivity index (χ2n) is 6.11. The number of aliphatic hydroxyl groups excluding tert-OH is 1. The average Bonchev–Trinajstić information content (AvgIpc) is 3.09. The summed E-state index contributed by atoms with van der Waals surface area (Å²) in [6.45, 7) is 9.61. The third-order valence-electron chi connectivity index (χ3n) is 4.25. The molecule has 1 N–H and O–H groups in total. The molecule has 0 atom stereocenters. The molecule has 1 fully saturated rings. The van der Waals surface area contributed by atoms with E-state index in [-0.39, 0.29) is 12.5 Å². The average molecular weight is 349 g/mol. The van der Waals surface area contributed by atoms with Crippen LogP contribution in [0.5, 0.6) is 0 Å². The molecule has 1 amide bonds. The number of amides is 1. The van der Waals surface area contributed by atoms with Crippen LogP contribution in [0, 0.1) is 20.8 Å². The molecular weight excluding hydrogens is 326 g/mol. The molecule has 0 unspecified atom stereocenters.